The molecule has 2 atom stereocenters. The fourth-order valence-electron chi connectivity index (χ4n) is 4.34. The SMILES string of the molecule is C#C.CCc1ccc(S(=O)N[C@H]2CC(C)(C)Oc3ncc(C(=O)N(CC)Cc4cccc(F)c4)cc32)cc1. The standard InChI is InChI=1S/C28H32FN3O3S.C2H2/c1-5-19-10-12-23(13-11-19)36(34)31-25-16-28(3,4)35-26-24(25)15-21(17-30-26)27(33)32(6-2)18-20-8-7-9-22(29)14-20;1-2/h7-15,17,25,31H,5-6,16,18H2,1-4H3;1-2H/t25-,36?;/m0./s1. The van der Waals surface area contributed by atoms with E-state index in [1.807, 2.05) is 45.0 Å². The number of carbonyl (C=O) groups is 1. The Morgan fingerprint density at radius 3 is 2.50 bits per heavy atom. The van der Waals surface area contributed by atoms with E-state index in [-0.39, 0.29) is 24.3 Å². The van der Waals surface area contributed by atoms with Gasteiger partial charge in [0.2, 0.25) is 5.88 Å². The van der Waals surface area contributed by atoms with Gasteiger partial charge in [0, 0.05) is 31.3 Å². The Kier molecular flexibility index (Phi) is 9.78. The van der Waals surface area contributed by atoms with Gasteiger partial charge in [0.25, 0.3) is 5.91 Å². The van der Waals surface area contributed by atoms with Gasteiger partial charge >= 0.3 is 0 Å². The number of rotatable bonds is 8. The summed E-state index contributed by atoms with van der Waals surface area (Å²) in [5, 5.41) is 0. The second-order valence-electron chi connectivity index (χ2n) is 9.57. The molecule has 0 saturated heterocycles. The van der Waals surface area contributed by atoms with Crippen molar-refractivity contribution >= 4 is 16.9 Å². The highest BCUT2D eigenvalue weighted by Gasteiger charge is 2.36. The van der Waals surface area contributed by atoms with Gasteiger partial charge < -0.3 is 9.64 Å². The molecule has 1 unspecified atom stereocenters. The quantitative estimate of drug-likeness (QED) is 0.381. The lowest BCUT2D eigenvalue weighted by Crippen LogP contribution is -2.40. The van der Waals surface area contributed by atoms with Gasteiger partial charge in [-0.2, -0.15) is 0 Å². The summed E-state index contributed by atoms with van der Waals surface area (Å²) in [6.07, 6.45) is 11.0. The van der Waals surface area contributed by atoms with Crippen molar-refractivity contribution in [2.75, 3.05) is 6.54 Å². The summed E-state index contributed by atoms with van der Waals surface area (Å²) >= 11 is 0. The molecule has 1 aliphatic rings. The van der Waals surface area contributed by atoms with Crippen LogP contribution in [0.3, 0.4) is 0 Å². The Morgan fingerprint density at radius 2 is 1.87 bits per heavy atom. The molecule has 4 rings (SSSR count). The highest BCUT2D eigenvalue weighted by Crippen LogP contribution is 2.39. The topological polar surface area (TPSA) is 71.5 Å². The van der Waals surface area contributed by atoms with Crippen molar-refractivity contribution in [2.45, 2.75) is 63.6 Å². The van der Waals surface area contributed by atoms with Gasteiger partial charge in [0.15, 0.2) is 0 Å². The largest absolute Gasteiger partial charge is 0.471 e. The molecule has 200 valence electrons. The molecule has 1 aromatic heterocycles. The van der Waals surface area contributed by atoms with Crippen molar-refractivity contribution in [2.24, 2.45) is 0 Å². The molecule has 2 heterocycles. The molecule has 2 aromatic carbocycles. The van der Waals surface area contributed by atoms with Gasteiger partial charge in [-0.25, -0.2) is 18.3 Å². The molecule has 1 amide bonds. The van der Waals surface area contributed by atoms with Crippen LogP contribution in [0, 0.1) is 18.7 Å². The predicted molar refractivity (Wildman–Crippen MR) is 148 cm³/mol. The van der Waals surface area contributed by atoms with E-state index in [1.54, 1.807) is 23.1 Å². The third-order valence-electron chi connectivity index (χ3n) is 6.30. The highest BCUT2D eigenvalue weighted by molar-refractivity contribution is 7.83. The zero-order chi connectivity index (χ0) is 27.9. The van der Waals surface area contributed by atoms with Crippen LogP contribution < -0.4 is 9.46 Å². The number of nitrogens with one attached hydrogen (secondary N) is 1. The minimum absolute atomic E-state index is 0.211. The van der Waals surface area contributed by atoms with Crippen LogP contribution in [-0.4, -0.2) is 32.1 Å². The van der Waals surface area contributed by atoms with E-state index in [0.29, 0.717) is 40.4 Å². The van der Waals surface area contributed by atoms with Crippen molar-refractivity contribution in [1.82, 2.24) is 14.6 Å². The molecule has 1 N–H and O–H groups in total. The number of carbonyl (C=O) groups excluding carboxylic acids is 1. The first-order valence-electron chi connectivity index (χ1n) is 12.5. The first-order chi connectivity index (χ1) is 18.2. The monoisotopic (exact) mass is 535 g/mol. The fourth-order valence-corrected chi connectivity index (χ4v) is 5.33. The van der Waals surface area contributed by atoms with Crippen molar-refractivity contribution in [3.8, 4) is 18.7 Å². The van der Waals surface area contributed by atoms with Gasteiger partial charge in [-0.05, 0) is 68.7 Å². The number of aromatic nitrogens is 1. The number of pyridine rings is 1. The molecule has 0 saturated carbocycles. The lowest BCUT2D eigenvalue weighted by molar-refractivity contribution is 0.0639. The molecular weight excluding hydrogens is 501 g/mol. The Hall–Kier alpha value is -3.54. The van der Waals surface area contributed by atoms with Crippen LogP contribution in [0.15, 0.2) is 65.7 Å². The van der Waals surface area contributed by atoms with Crippen LogP contribution in [0.2, 0.25) is 0 Å². The summed E-state index contributed by atoms with van der Waals surface area (Å²) in [6, 6.07) is 15.4. The van der Waals surface area contributed by atoms with Crippen LogP contribution in [0.4, 0.5) is 4.39 Å². The number of nitrogens with zero attached hydrogens (tertiary/aromatic N) is 2. The number of hydrogen-bond acceptors (Lipinski definition) is 4. The summed E-state index contributed by atoms with van der Waals surface area (Å²) in [7, 11) is -1.45. The third-order valence-corrected chi connectivity index (χ3v) is 7.50. The number of terminal acetylenes is 1. The molecule has 0 radical (unpaired) electrons. The number of amides is 1. The van der Waals surface area contributed by atoms with E-state index in [1.165, 1.54) is 23.9 Å². The van der Waals surface area contributed by atoms with Crippen LogP contribution >= 0.6 is 0 Å². The van der Waals surface area contributed by atoms with E-state index in [2.05, 4.69) is 29.5 Å². The molecule has 0 fully saturated rings. The number of ether oxygens (including phenoxy) is 1. The van der Waals surface area contributed by atoms with Crippen LogP contribution in [0.25, 0.3) is 0 Å². The molecule has 0 aliphatic carbocycles. The normalized spacial score (nSPS) is 16.2. The van der Waals surface area contributed by atoms with Crippen molar-refractivity contribution in [3.05, 3.63) is 88.9 Å². The number of benzene rings is 2. The Bertz CT molecular complexity index is 1310. The van der Waals surface area contributed by atoms with Gasteiger partial charge in [-0.3, -0.25) is 4.79 Å². The average Bonchev–Trinajstić information content (AvgIpc) is 2.91. The van der Waals surface area contributed by atoms with E-state index in [0.717, 1.165) is 6.42 Å². The van der Waals surface area contributed by atoms with Crippen LogP contribution in [-0.2, 0) is 24.0 Å². The highest BCUT2D eigenvalue weighted by atomic mass is 32.2. The van der Waals surface area contributed by atoms with E-state index in [4.69, 9.17) is 4.74 Å². The zero-order valence-electron chi connectivity index (χ0n) is 22.2. The maximum atomic E-state index is 13.6. The molecule has 38 heavy (non-hydrogen) atoms. The van der Waals surface area contributed by atoms with E-state index < -0.39 is 16.6 Å². The maximum absolute atomic E-state index is 13.6. The minimum atomic E-state index is -1.45. The van der Waals surface area contributed by atoms with Gasteiger partial charge in [-0.15, -0.1) is 12.8 Å². The Labute approximate surface area is 227 Å². The minimum Gasteiger partial charge on any atom is -0.471 e. The van der Waals surface area contributed by atoms with Gasteiger partial charge in [-0.1, -0.05) is 31.2 Å². The fraction of sp³-hybridized carbons (Fsp3) is 0.333. The predicted octanol–water partition coefficient (Wildman–Crippen LogP) is 5.61. The summed E-state index contributed by atoms with van der Waals surface area (Å²) in [4.78, 5) is 20.1. The van der Waals surface area contributed by atoms with Crippen LogP contribution in [0.1, 0.15) is 67.2 Å². The summed E-state index contributed by atoms with van der Waals surface area (Å²) in [5.41, 5.74) is 2.47. The van der Waals surface area contributed by atoms with Gasteiger partial charge in [0.1, 0.15) is 22.4 Å². The molecular formula is C30H34FN3O3S. The lowest BCUT2D eigenvalue weighted by Gasteiger charge is -2.37. The molecule has 6 nitrogen and oxygen atoms in total. The van der Waals surface area contributed by atoms with Crippen molar-refractivity contribution in [1.29, 1.82) is 0 Å². The Balaban J connectivity index is 0.00000195. The second-order valence-corrected chi connectivity index (χ2v) is 10.8. The number of fused-ring (bicyclic) bond motifs is 1. The van der Waals surface area contributed by atoms with E-state index in [9.17, 15) is 13.4 Å². The third kappa shape index (κ3) is 7.06. The number of hydrogen-bond donors (Lipinski definition) is 1. The molecule has 1 aliphatic heterocycles. The average molecular weight is 536 g/mol. The summed E-state index contributed by atoms with van der Waals surface area (Å²) in [6.45, 7) is 8.62. The molecule has 0 bridgehead atoms. The first kappa shape index (κ1) is 29.0. The Morgan fingerprint density at radius 1 is 1.16 bits per heavy atom. The van der Waals surface area contributed by atoms with Crippen LogP contribution in [0.5, 0.6) is 5.88 Å². The van der Waals surface area contributed by atoms with Crippen molar-refractivity contribution < 1.29 is 18.1 Å². The molecule has 3 aromatic rings. The maximum Gasteiger partial charge on any atom is 0.255 e. The zero-order valence-corrected chi connectivity index (χ0v) is 23.1. The summed E-state index contributed by atoms with van der Waals surface area (Å²) in [5.74, 6) is -0.124. The number of aryl methyl sites for hydroxylation is 1. The van der Waals surface area contributed by atoms with E-state index >= 15 is 0 Å². The lowest BCUT2D eigenvalue weighted by atomic mass is 9.91. The first-order valence-corrected chi connectivity index (χ1v) is 13.7. The second kappa shape index (κ2) is 12.8. The van der Waals surface area contributed by atoms with Gasteiger partial charge in [0.05, 0.1) is 16.5 Å². The molecule has 8 heteroatoms. The summed E-state index contributed by atoms with van der Waals surface area (Å²) < 4.78 is 36.1. The molecule has 0 spiro atoms. The smallest absolute Gasteiger partial charge is 0.255 e. The number of halogens is 1. The van der Waals surface area contributed by atoms with Crippen molar-refractivity contribution in [3.63, 3.8) is 0 Å².